The number of ether oxygens (including phenoxy) is 3. The monoisotopic (exact) mass is 406 g/mol. The maximum Gasteiger partial charge on any atom is 0.259 e. The average Bonchev–Trinajstić information content (AvgIpc) is 2.78. The molecule has 3 aromatic rings. The molecule has 0 saturated heterocycles. The molecule has 1 aliphatic heterocycles. The highest BCUT2D eigenvalue weighted by atomic mass is 16.6. The fourth-order valence-corrected chi connectivity index (χ4v) is 3.02. The summed E-state index contributed by atoms with van der Waals surface area (Å²) in [7, 11) is 1.63. The Hall–Kier alpha value is -3.81. The average molecular weight is 406 g/mol. The van der Waals surface area contributed by atoms with E-state index in [1.165, 1.54) is 6.20 Å². The van der Waals surface area contributed by atoms with E-state index in [0.717, 1.165) is 11.3 Å². The Morgan fingerprint density at radius 1 is 1.10 bits per heavy atom. The van der Waals surface area contributed by atoms with Gasteiger partial charge in [-0.1, -0.05) is 12.1 Å². The number of anilines is 2. The minimum Gasteiger partial charge on any atom is -0.497 e. The Kier molecular flexibility index (Phi) is 5.65. The number of nitrogens with zero attached hydrogens (tertiary/aromatic N) is 2. The minimum absolute atomic E-state index is 0.286. The summed E-state index contributed by atoms with van der Waals surface area (Å²) in [6, 6.07) is 13.0. The molecule has 2 aromatic carbocycles. The van der Waals surface area contributed by atoms with Gasteiger partial charge in [-0.25, -0.2) is 9.97 Å². The number of aryl methyl sites for hydroxylation is 1. The molecule has 2 heterocycles. The first-order chi connectivity index (χ1) is 14.6. The van der Waals surface area contributed by atoms with Crippen LogP contribution < -0.4 is 24.8 Å². The van der Waals surface area contributed by atoms with Gasteiger partial charge in [0.1, 0.15) is 19.0 Å². The molecular weight excluding hydrogens is 384 g/mol. The highest BCUT2D eigenvalue weighted by molar-refractivity contribution is 6.05. The number of carbonyl (C=O) groups excluding carboxylic acids is 1. The van der Waals surface area contributed by atoms with Crippen LogP contribution in [-0.4, -0.2) is 36.2 Å². The van der Waals surface area contributed by atoms with Crippen LogP contribution in [0, 0.1) is 6.92 Å². The molecule has 0 saturated carbocycles. The number of amides is 1. The zero-order valence-corrected chi connectivity index (χ0v) is 16.8. The van der Waals surface area contributed by atoms with Gasteiger partial charge < -0.3 is 24.8 Å². The summed E-state index contributed by atoms with van der Waals surface area (Å²) < 4.78 is 16.2. The van der Waals surface area contributed by atoms with E-state index >= 15 is 0 Å². The van der Waals surface area contributed by atoms with E-state index in [2.05, 4.69) is 20.6 Å². The van der Waals surface area contributed by atoms with Crippen molar-refractivity contribution in [3.05, 3.63) is 65.5 Å². The van der Waals surface area contributed by atoms with Crippen LogP contribution in [0.3, 0.4) is 0 Å². The molecule has 0 radical (unpaired) electrons. The first-order valence-corrected chi connectivity index (χ1v) is 9.54. The number of benzene rings is 2. The van der Waals surface area contributed by atoms with Crippen molar-refractivity contribution in [2.75, 3.05) is 31.0 Å². The van der Waals surface area contributed by atoms with Crippen molar-refractivity contribution in [2.24, 2.45) is 0 Å². The van der Waals surface area contributed by atoms with Crippen molar-refractivity contribution in [3.63, 3.8) is 0 Å². The topological polar surface area (TPSA) is 94.6 Å². The summed E-state index contributed by atoms with van der Waals surface area (Å²) in [6.45, 7) is 3.35. The fraction of sp³-hybridized carbons (Fsp3) is 0.227. The van der Waals surface area contributed by atoms with Gasteiger partial charge in [-0.05, 0) is 36.8 Å². The van der Waals surface area contributed by atoms with Crippen molar-refractivity contribution in [2.45, 2.75) is 13.5 Å². The molecule has 0 atom stereocenters. The SMILES string of the molecule is COc1ccc(CNc2ncc(C(=O)Nc3ccc4c(c3)OCCO4)c(C)n2)cc1. The van der Waals surface area contributed by atoms with Crippen molar-refractivity contribution in [3.8, 4) is 17.2 Å². The van der Waals surface area contributed by atoms with Gasteiger partial charge in [-0.3, -0.25) is 4.79 Å². The molecule has 1 aliphatic rings. The van der Waals surface area contributed by atoms with Gasteiger partial charge in [-0.15, -0.1) is 0 Å². The molecule has 8 nitrogen and oxygen atoms in total. The fourth-order valence-electron chi connectivity index (χ4n) is 3.02. The number of rotatable bonds is 6. The smallest absolute Gasteiger partial charge is 0.259 e. The van der Waals surface area contributed by atoms with Crippen LogP contribution >= 0.6 is 0 Å². The molecular formula is C22H22N4O4. The van der Waals surface area contributed by atoms with Crippen molar-refractivity contribution < 1.29 is 19.0 Å². The van der Waals surface area contributed by atoms with Crippen LogP contribution in [0.4, 0.5) is 11.6 Å². The summed E-state index contributed by atoms with van der Waals surface area (Å²) in [4.78, 5) is 21.3. The highest BCUT2D eigenvalue weighted by Gasteiger charge is 2.15. The molecule has 0 spiro atoms. The molecule has 0 unspecified atom stereocenters. The molecule has 4 rings (SSSR count). The normalized spacial score (nSPS) is 12.2. The van der Waals surface area contributed by atoms with Gasteiger partial charge in [0.2, 0.25) is 5.95 Å². The predicted molar refractivity (Wildman–Crippen MR) is 112 cm³/mol. The van der Waals surface area contributed by atoms with E-state index in [1.807, 2.05) is 24.3 Å². The van der Waals surface area contributed by atoms with Gasteiger partial charge in [0.05, 0.1) is 18.4 Å². The third kappa shape index (κ3) is 4.43. The number of fused-ring (bicyclic) bond motifs is 1. The quantitative estimate of drug-likeness (QED) is 0.648. The number of hydrogen-bond acceptors (Lipinski definition) is 7. The molecule has 2 N–H and O–H groups in total. The largest absolute Gasteiger partial charge is 0.497 e. The molecule has 1 aromatic heterocycles. The predicted octanol–water partition coefficient (Wildman–Crippen LogP) is 3.43. The van der Waals surface area contributed by atoms with Gasteiger partial charge in [0.15, 0.2) is 11.5 Å². The van der Waals surface area contributed by atoms with Crippen LogP contribution in [0.25, 0.3) is 0 Å². The molecule has 154 valence electrons. The highest BCUT2D eigenvalue weighted by Crippen LogP contribution is 2.32. The molecule has 30 heavy (non-hydrogen) atoms. The van der Waals surface area contributed by atoms with Gasteiger partial charge in [-0.2, -0.15) is 0 Å². The second-order valence-corrected chi connectivity index (χ2v) is 6.71. The number of nitrogens with one attached hydrogen (secondary N) is 2. The molecule has 0 aliphatic carbocycles. The minimum atomic E-state index is -0.286. The van der Waals surface area contributed by atoms with Gasteiger partial charge in [0, 0.05) is 24.5 Å². The molecule has 0 bridgehead atoms. The first-order valence-electron chi connectivity index (χ1n) is 9.54. The third-order valence-corrected chi connectivity index (χ3v) is 4.63. The van der Waals surface area contributed by atoms with E-state index in [0.29, 0.717) is 54.2 Å². The first kappa shape index (κ1) is 19.5. The lowest BCUT2D eigenvalue weighted by Crippen LogP contribution is -2.17. The molecule has 0 fully saturated rings. The second kappa shape index (κ2) is 8.69. The van der Waals surface area contributed by atoms with Gasteiger partial charge in [0.25, 0.3) is 5.91 Å². The lowest BCUT2D eigenvalue weighted by atomic mass is 10.2. The third-order valence-electron chi connectivity index (χ3n) is 4.63. The lowest BCUT2D eigenvalue weighted by molar-refractivity contribution is 0.102. The number of hydrogen-bond donors (Lipinski definition) is 2. The molecule has 8 heteroatoms. The summed E-state index contributed by atoms with van der Waals surface area (Å²) in [6.07, 6.45) is 1.52. The summed E-state index contributed by atoms with van der Waals surface area (Å²) >= 11 is 0. The second-order valence-electron chi connectivity index (χ2n) is 6.71. The Morgan fingerprint density at radius 3 is 2.60 bits per heavy atom. The maximum absolute atomic E-state index is 12.7. The molecule has 1 amide bonds. The zero-order valence-electron chi connectivity index (χ0n) is 16.8. The summed E-state index contributed by atoms with van der Waals surface area (Å²) in [5.41, 5.74) is 2.67. The number of aromatic nitrogens is 2. The zero-order chi connectivity index (χ0) is 20.9. The Morgan fingerprint density at radius 2 is 1.87 bits per heavy atom. The van der Waals surface area contributed by atoms with Crippen molar-refractivity contribution in [1.29, 1.82) is 0 Å². The Labute approximate surface area is 174 Å². The van der Waals surface area contributed by atoms with Crippen LogP contribution in [0.2, 0.25) is 0 Å². The number of methoxy groups -OCH3 is 1. The van der Waals surface area contributed by atoms with E-state index in [4.69, 9.17) is 14.2 Å². The summed E-state index contributed by atoms with van der Waals surface area (Å²) in [5, 5.41) is 6.01. The number of carbonyl (C=O) groups is 1. The lowest BCUT2D eigenvalue weighted by Gasteiger charge is -2.19. The standard InChI is InChI=1S/C22H22N4O4/c1-14-18(21(27)26-16-5-8-19-20(11-16)30-10-9-29-19)13-24-22(25-14)23-12-15-3-6-17(28-2)7-4-15/h3-8,11,13H,9-10,12H2,1-2H3,(H,26,27)(H,23,24,25). The van der Waals surface area contributed by atoms with Gasteiger partial charge >= 0.3 is 0 Å². The van der Waals surface area contributed by atoms with E-state index in [1.54, 1.807) is 32.2 Å². The van der Waals surface area contributed by atoms with Crippen LogP contribution in [0.1, 0.15) is 21.6 Å². The summed E-state index contributed by atoms with van der Waals surface area (Å²) in [5.74, 6) is 2.26. The Balaban J connectivity index is 1.40. The van der Waals surface area contributed by atoms with Crippen LogP contribution in [0.15, 0.2) is 48.7 Å². The van der Waals surface area contributed by atoms with E-state index in [9.17, 15) is 4.79 Å². The maximum atomic E-state index is 12.7. The van der Waals surface area contributed by atoms with E-state index < -0.39 is 0 Å². The van der Waals surface area contributed by atoms with Crippen LogP contribution in [0.5, 0.6) is 17.2 Å². The Bertz CT molecular complexity index is 1050. The van der Waals surface area contributed by atoms with Crippen molar-refractivity contribution in [1.82, 2.24) is 9.97 Å². The van der Waals surface area contributed by atoms with Crippen molar-refractivity contribution >= 4 is 17.5 Å². The van der Waals surface area contributed by atoms with Crippen LogP contribution in [-0.2, 0) is 6.54 Å². The van der Waals surface area contributed by atoms with E-state index in [-0.39, 0.29) is 5.91 Å².